The Balaban J connectivity index is 1.17. The average Bonchev–Trinajstić information content (AvgIpc) is 3.93. The van der Waals surface area contributed by atoms with E-state index in [0.29, 0.717) is 70.9 Å². The van der Waals surface area contributed by atoms with Crippen molar-refractivity contribution in [3.05, 3.63) is 81.7 Å². The highest BCUT2D eigenvalue weighted by Crippen LogP contribution is 2.60. The van der Waals surface area contributed by atoms with Crippen molar-refractivity contribution in [1.82, 2.24) is 25.5 Å². The number of methoxy groups -OCH3 is 2. The van der Waals surface area contributed by atoms with E-state index in [1.807, 2.05) is 39.0 Å². The highest BCUT2D eigenvalue weighted by molar-refractivity contribution is 9.09. The lowest BCUT2D eigenvalue weighted by Gasteiger charge is -2.44. The van der Waals surface area contributed by atoms with Gasteiger partial charge in [-0.2, -0.15) is 0 Å². The number of alkyl carbamates (subject to hydrolysis) is 1. The number of allylic oxidation sites excluding steroid dienone is 3. The quantitative estimate of drug-likeness (QED) is 0.0752. The number of hydrogen-bond acceptors (Lipinski definition) is 12. The van der Waals surface area contributed by atoms with Gasteiger partial charge in [-0.1, -0.05) is 80.6 Å². The minimum Gasteiger partial charge on any atom is -0.495 e. The van der Waals surface area contributed by atoms with Gasteiger partial charge in [0.15, 0.2) is 11.5 Å². The van der Waals surface area contributed by atoms with Gasteiger partial charge in [-0.15, -0.1) is 0 Å². The van der Waals surface area contributed by atoms with Crippen LogP contribution >= 0.6 is 43.5 Å². The number of carbonyl (C=O) groups is 5. The highest BCUT2D eigenvalue weighted by atomic mass is 79.9. The normalized spacial score (nSPS) is 26.7. The lowest BCUT2D eigenvalue weighted by atomic mass is 9.72. The number of aliphatic hydroxyl groups is 1. The van der Waals surface area contributed by atoms with E-state index < -0.39 is 47.2 Å². The minimum atomic E-state index is -1.90. The van der Waals surface area contributed by atoms with Crippen molar-refractivity contribution in [2.75, 3.05) is 39.8 Å². The van der Waals surface area contributed by atoms with E-state index in [2.05, 4.69) is 52.5 Å². The van der Waals surface area contributed by atoms with Gasteiger partial charge < -0.3 is 39.2 Å². The summed E-state index contributed by atoms with van der Waals surface area (Å²) in [6.07, 6.45) is 5.03. The second-order valence-electron chi connectivity index (χ2n) is 18.5. The van der Waals surface area contributed by atoms with E-state index in [1.54, 1.807) is 44.4 Å². The number of Topliss-reactive ketones (excluding diaryl/α,β-unsaturated/α-hetero) is 1. The minimum absolute atomic E-state index is 0.0163. The van der Waals surface area contributed by atoms with Gasteiger partial charge in [0.25, 0.3) is 5.91 Å². The lowest BCUT2D eigenvalue weighted by molar-refractivity contribution is -0.147. The molecule has 2 aromatic carbocycles. The van der Waals surface area contributed by atoms with Crippen molar-refractivity contribution in [3.63, 3.8) is 0 Å². The number of ketones is 1. The molecular formula is C50H63Br2ClN6O10. The monoisotopic (exact) mass is 1100 g/mol. The van der Waals surface area contributed by atoms with Crippen LogP contribution < -0.4 is 20.3 Å². The summed E-state index contributed by atoms with van der Waals surface area (Å²) in [6.45, 7) is 7.44. The molecular weight excluding hydrogens is 1040 g/mol. The van der Waals surface area contributed by atoms with Crippen LogP contribution in [0.25, 0.3) is 11.0 Å². The molecule has 4 amide bonds. The summed E-state index contributed by atoms with van der Waals surface area (Å²) in [5.41, 5.74) is 1.54. The van der Waals surface area contributed by atoms with Crippen LogP contribution in [0.3, 0.4) is 0 Å². The molecule has 3 N–H and O–H groups in total. The molecule has 16 nitrogen and oxygen atoms in total. The predicted molar refractivity (Wildman–Crippen MR) is 270 cm³/mol. The molecule has 1 unspecified atom stereocenters. The summed E-state index contributed by atoms with van der Waals surface area (Å²) < 4.78 is 24.0. The number of likely N-dealkylation sites (N-methyl/N-ethyl adjacent to an activating group) is 1. The first-order valence-electron chi connectivity index (χ1n) is 23.1. The smallest absolute Gasteiger partial charge is 0.409 e. The molecule has 0 aliphatic carbocycles. The number of hydrogen-bond donors (Lipinski definition) is 3. The summed E-state index contributed by atoms with van der Waals surface area (Å²) in [5, 5.41) is 19.0. The summed E-state index contributed by atoms with van der Waals surface area (Å²) in [5.74, 6) is -1.26. The van der Waals surface area contributed by atoms with Crippen molar-refractivity contribution in [1.29, 1.82) is 0 Å². The van der Waals surface area contributed by atoms with Crippen LogP contribution in [0.2, 0.25) is 5.02 Å². The Morgan fingerprint density at radius 2 is 1.80 bits per heavy atom. The molecule has 69 heavy (non-hydrogen) atoms. The van der Waals surface area contributed by atoms with Gasteiger partial charge in [0.2, 0.25) is 11.8 Å². The maximum absolute atomic E-state index is 14.1. The molecule has 4 bridgehead atoms. The molecule has 2 fully saturated rings. The highest BCUT2D eigenvalue weighted by Gasteiger charge is 2.71. The third-order valence-corrected chi connectivity index (χ3v) is 15.3. The van der Waals surface area contributed by atoms with Gasteiger partial charge in [-0.3, -0.25) is 24.5 Å². The summed E-state index contributed by atoms with van der Waals surface area (Å²) in [6, 6.07) is 7.96. The molecule has 7 atom stereocenters. The van der Waals surface area contributed by atoms with Crippen molar-refractivity contribution in [2.24, 2.45) is 5.92 Å². The largest absolute Gasteiger partial charge is 0.495 e. The number of ether oxygens (including phenoxy) is 4. The van der Waals surface area contributed by atoms with Gasteiger partial charge in [0.05, 0.1) is 46.9 Å². The van der Waals surface area contributed by atoms with Crippen LogP contribution in [0.4, 0.5) is 10.5 Å². The third kappa shape index (κ3) is 12.0. The molecule has 4 heterocycles. The number of aromatic nitrogens is 2. The van der Waals surface area contributed by atoms with Gasteiger partial charge in [0.1, 0.15) is 28.6 Å². The number of benzene rings is 2. The molecule has 3 aliphatic rings. The first-order chi connectivity index (χ1) is 32.7. The number of nitrogens with one attached hydrogen (secondary N) is 2. The van der Waals surface area contributed by atoms with Gasteiger partial charge in [-0.25, -0.2) is 14.8 Å². The Labute approximate surface area is 425 Å². The zero-order chi connectivity index (χ0) is 50.4. The third-order valence-electron chi connectivity index (χ3n) is 13.9. The van der Waals surface area contributed by atoms with Crippen LogP contribution in [0, 0.1) is 5.92 Å². The number of halogens is 3. The van der Waals surface area contributed by atoms with Crippen molar-refractivity contribution < 1.29 is 48.0 Å². The Morgan fingerprint density at radius 1 is 1.09 bits per heavy atom. The number of alkyl halides is 2. The SMILES string of the molecule is COc1cc2cc(c1Cl)N(C)C(=O)CC[C@]1(C)OC1(C[C@H](C(C)=O)N(C)C(=O)CCCCCNC(=O)c1ccc3nc(CBr)c(CBr)nc3c1)[C@H](C)[C@@H]1C[C@@](O)(NC(=O)O1)[C@H](OC)/C=C/C=C(\C)C2. The number of epoxide rings is 1. The summed E-state index contributed by atoms with van der Waals surface area (Å²) in [4.78, 5) is 80.1. The van der Waals surface area contributed by atoms with E-state index in [1.165, 1.54) is 30.9 Å². The van der Waals surface area contributed by atoms with Gasteiger partial charge in [-0.05, 0) is 82.3 Å². The Kier molecular flexibility index (Phi) is 17.8. The molecule has 374 valence electrons. The van der Waals surface area contributed by atoms with Crippen molar-refractivity contribution in [3.8, 4) is 5.75 Å². The lowest BCUT2D eigenvalue weighted by Crippen LogP contribution is -2.64. The van der Waals surface area contributed by atoms with Crippen LogP contribution in [0.15, 0.2) is 54.1 Å². The Hall–Kier alpha value is -4.46. The Morgan fingerprint density at radius 3 is 2.46 bits per heavy atom. The second kappa shape index (κ2) is 22.7. The van der Waals surface area contributed by atoms with E-state index in [9.17, 15) is 29.1 Å². The number of unbranched alkanes of at least 4 members (excludes halogenated alkanes) is 2. The van der Waals surface area contributed by atoms with E-state index in [0.717, 1.165) is 22.5 Å². The first kappa shape index (κ1) is 53.9. The molecule has 3 aromatic rings. The molecule has 3 aliphatic heterocycles. The van der Waals surface area contributed by atoms with Crippen LogP contribution in [-0.4, -0.2) is 120 Å². The molecule has 0 saturated carbocycles. The zero-order valence-corrected chi connectivity index (χ0v) is 44.4. The molecule has 0 radical (unpaired) electrons. The molecule has 19 heteroatoms. The van der Waals surface area contributed by atoms with Crippen molar-refractivity contribution >= 4 is 89.8 Å². The first-order valence-corrected chi connectivity index (χ1v) is 25.7. The van der Waals surface area contributed by atoms with E-state index in [-0.39, 0.29) is 60.6 Å². The van der Waals surface area contributed by atoms with Crippen LogP contribution in [0.5, 0.6) is 5.75 Å². The number of nitrogens with zero attached hydrogens (tertiary/aromatic N) is 4. The number of fused-ring (bicyclic) bond motifs is 6. The van der Waals surface area contributed by atoms with Crippen molar-refractivity contribution in [2.45, 2.75) is 131 Å². The molecule has 0 spiro atoms. The van der Waals surface area contributed by atoms with E-state index in [4.69, 9.17) is 30.5 Å². The zero-order valence-electron chi connectivity index (χ0n) is 40.5. The fraction of sp³-hybridized carbons (Fsp3) is 0.540. The molecule has 2 saturated heterocycles. The average molecular weight is 1100 g/mol. The van der Waals surface area contributed by atoms with Gasteiger partial charge >= 0.3 is 6.09 Å². The number of amides is 4. The second-order valence-corrected chi connectivity index (χ2v) is 20.0. The maximum atomic E-state index is 14.1. The van der Waals surface area contributed by atoms with Gasteiger partial charge in [0, 0.05) is 75.6 Å². The fourth-order valence-electron chi connectivity index (χ4n) is 9.64. The number of rotatable bonds is 15. The maximum Gasteiger partial charge on any atom is 0.409 e. The fourth-order valence-corrected chi connectivity index (χ4v) is 10.8. The standard InChI is InChI=1S/C50H63Br2ClN6O10/c1-29-13-12-14-42(67-8)50(65)26-41(68-47(64)57-50)30(2)49(48(4,69-49)19-18-44(62)58(5)38-22-32(21-29)23-40(66-7)45(38)53)25-39(31(3)60)59(6)43(61)15-10-9-11-20-54-46(63)33-16-17-34-35(24-33)56-37(28-52)36(27-51)55-34/h12-14,16-17,22-24,30,39,41-42,65H,9-11,15,18-21,25-28H2,1-8H3,(H,54,63)(H,57,64)/b14-12+,29-13+/t30-,39-,41+,42-,48+,49?,50+/m1/s1. The molecule has 6 rings (SSSR count). The van der Waals surface area contributed by atoms with Crippen LogP contribution in [0.1, 0.15) is 106 Å². The Bertz CT molecular complexity index is 2510. The summed E-state index contributed by atoms with van der Waals surface area (Å²) >= 11 is 13.7. The predicted octanol–water partition coefficient (Wildman–Crippen LogP) is 8.05. The van der Waals surface area contributed by atoms with E-state index >= 15 is 0 Å². The van der Waals surface area contributed by atoms with Crippen LogP contribution in [-0.2, 0) is 45.7 Å². The number of anilines is 1. The topological polar surface area (TPSA) is 202 Å². The summed E-state index contributed by atoms with van der Waals surface area (Å²) in [7, 11) is 6.19. The molecule has 1 aromatic heterocycles. The number of carbonyl (C=O) groups excluding carboxylic acids is 5.